The number of para-hydroxylation sites is 1. The zero-order valence-corrected chi connectivity index (χ0v) is 20.1. The fraction of sp³-hybridized carbons (Fsp3) is 0.444. The van der Waals surface area contributed by atoms with Gasteiger partial charge in [-0.05, 0) is 50.1 Å². The Hall–Kier alpha value is -3.39. The molecule has 1 amide bonds. The van der Waals surface area contributed by atoms with Crippen LogP contribution in [0.25, 0.3) is 10.9 Å². The summed E-state index contributed by atoms with van der Waals surface area (Å²) in [7, 11) is 0. The van der Waals surface area contributed by atoms with Crippen LogP contribution in [-0.2, 0) is 11.3 Å². The number of hydrogen-bond acceptors (Lipinski definition) is 6. The van der Waals surface area contributed by atoms with Gasteiger partial charge in [-0.25, -0.2) is 4.98 Å². The van der Waals surface area contributed by atoms with Gasteiger partial charge in [-0.3, -0.25) is 14.5 Å². The first-order valence-corrected chi connectivity index (χ1v) is 12.6. The van der Waals surface area contributed by atoms with Gasteiger partial charge in [0, 0.05) is 24.6 Å². The molecule has 1 aliphatic carbocycles. The molecule has 1 aromatic heterocycles. The highest BCUT2D eigenvalue weighted by molar-refractivity contribution is 5.92. The van der Waals surface area contributed by atoms with E-state index < -0.39 is 5.79 Å². The van der Waals surface area contributed by atoms with E-state index in [0.717, 1.165) is 50.8 Å². The molecule has 2 aliphatic rings. The van der Waals surface area contributed by atoms with Crippen molar-refractivity contribution in [2.75, 3.05) is 18.4 Å². The third kappa shape index (κ3) is 5.32. The highest BCUT2D eigenvalue weighted by atomic mass is 16.7. The predicted molar refractivity (Wildman–Crippen MR) is 135 cm³/mol. The van der Waals surface area contributed by atoms with Gasteiger partial charge in [-0.15, -0.1) is 0 Å². The summed E-state index contributed by atoms with van der Waals surface area (Å²) in [5, 5.41) is 3.55. The van der Waals surface area contributed by atoms with Gasteiger partial charge in [-0.1, -0.05) is 31.9 Å². The van der Waals surface area contributed by atoms with Gasteiger partial charge in [0.15, 0.2) is 11.5 Å². The largest absolute Gasteiger partial charge is 0.448 e. The minimum atomic E-state index is -0.538. The number of aromatic nitrogens is 2. The number of carbonyl (C=O) groups is 1. The number of aromatic amines is 1. The molecule has 5 rings (SSSR count). The fourth-order valence-corrected chi connectivity index (χ4v) is 4.89. The summed E-state index contributed by atoms with van der Waals surface area (Å²) in [5.74, 6) is 1.31. The molecular formula is C27H32N4O4. The molecule has 184 valence electrons. The van der Waals surface area contributed by atoms with Gasteiger partial charge in [0.1, 0.15) is 5.82 Å². The van der Waals surface area contributed by atoms with E-state index in [2.05, 4.69) is 22.2 Å². The maximum absolute atomic E-state index is 12.9. The van der Waals surface area contributed by atoms with Crippen LogP contribution in [0.4, 0.5) is 5.69 Å². The average molecular weight is 477 g/mol. The van der Waals surface area contributed by atoms with Gasteiger partial charge >= 0.3 is 0 Å². The van der Waals surface area contributed by atoms with Crippen LogP contribution in [0.1, 0.15) is 57.7 Å². The Labute approximate surface area is 204 Å². The van der Waals surface area contributed by atoms with Gasteiger partial charge in [-0.2, -0.15) is 0 Å². The van der Waals surface area contributed by atoms with Gasteiger partial charge < -0.3 is 19.8 Å². The zero-order valence-electron chi connectivity index (χ0n) is 20.1. The van der Waals surface area contributed by atoms with Crippen LogP contribution in [-0.4, -0.2) is 39.7 Å². The summed E-state index contributed by atoms with van der Waals surface area (Å²) in [4.78, 5) is 34.9. The molecule has 0 saturated heterocycles. The molecule has 2 N–H and O–H groups in total. The highest BCUT2D eigenvalue weighted by Gasteiger charge is 2.42. The van der Waals surface area contributed by atoms with E-state index in [4.69, 9.17) is 9.47 Å². The van der Waals surface area contributed by atoms with Crippen LogP contribution in [0.3, 0.4) is 0 Å². The molecule has 0 bridgehead atoms. The third-order valence-corrected chi connectivity index (χ3v) is 6.67. The van der Waals surface area contributed by atoms with E-state index in [0.29, 0.717) is 34.7 Å². The predicted octanol–water partition coefficient (Wildman–Crippen LogP) is 4.60. The number of carbonyl (C=O) groups excluding carboxylic acids is 1. The number of H-pyrrole nitrogens is 1. The second-order valence-corrected chi connectivity index (χ2v) is 9.48. The van der Waals surface area contributed by atoms with Gasteiger partial charge in [0.2, 0.25) is 5.91 Å². The van der Waals surface area contributed by atoms with Crippen LogP contribution in [0.2, 0.25) is 0 Å². The summed E-state index contributed by atoms with van der Waals surface area (Å²) in [6.45, 7) is 3.41. The Morgan fingerprint density at radius 3 is 2.74 bits per heavy atom. The minimum Gasteiger partial charge on any atom is -0.448 e. The summed E-state index contributed by atoms with van der Waals surface area (Å²) in [6.07, 6.45) is 7.14. The maximum Gasteiger partial charge on any atom is 0.258 e. The van der Waals surface area contributed by atoms with Crippen molar-refractivity contribution < 1.29 is 14.3 Å². The standard InChI is InChI=1S/C27H32N4O4/c1-2-3-15-31(17-24-29-21-10-6-5-9-20(21)26(33)30-24)18-25(32)28-19-11-12-22-23(16-19)35-27(34-22)13-7-4-8-14-27/h5-6,9-12,16H,2-4,7-8,13-15,17-18H2,1H3,(H,28,32)(H,29,30,33). The van der Waals surface area contributed by atoms with E-state index in [1.54, 1.807) is 6.07 Å². The highest BCUT2D eigenvalue weighted by Crippen LogP contribution is 2.46. The number of benzene rings is 2. The lowest BCUT2D eigenvalue weighted by atomic mass is 9.94. The van der Waals surface area contributed by atoms with Crippen LogP contribution >= 0.6 is 0 Å². The maximum atomic E-state index is 12.9. The third-order valence-electron chi connectivity index (χ3n) is 6.67. The van der Waals surface area contributed by atoms with Crippen LogP contribution in [0.15, 0.2) is 47.3 Å². The first-order chi connectivity index (χ1) is 17.0. The number of anilines is 1. The van der Waals surface area contributed by atoms with Crippen molar-refractivity contribution in [2.24, 2.45) is 0 Å². The molecule has 1 fully saturated rings. The SMILES string of the molecule is CCCCN(CC(=O)Nc1ccc2c(c1)OC1(CCCCC1)O2)Cc1nc2ccccc2c(=O)[nH]1. The van der Waals surface area contributed by atoms with E-state index in [1.165, 1.54) is 6.42 Å². The lowest BCUT2D eigenvalue weighted by Crippen LogP contribution is -2.40. The van der Waals surface area contributed by atoms with E-state index in [1.807, 2.05) is 41.3 Å². The Kier molecular flexibility index (Phi) is 6.72. The number of unbranched alkanes of at least 4 members (excludes halogenated alkanes) is 1. The average Bonchev–Trinajstić information content (AvgIpc) is 3.19. The minimum absolute atomic E-state index is 0.129. The topological polar surface area (TPSA) is 96.6 Å². The molecule has 8 heteroatoms. The Bertz CT molecular complexity index is 1270. The Balaban J connectivity index is 1.25. The number of nitrogens with zero attached hydrogens (tertiary/aromatic N) is 2. The van der Waals surface area contributed by atoms with E-state index in [-0.39, 0.29) is 18.0 Å². The van der Waals surface area contributed by atoms with E-state index in [9.17, 15) is 9.59 Å². The van der Waals surface area contributed by atoms with Crippen molar-refractivity contribution in [2.45, 2.75) is 64.2 Å². The molecule has 1 spiro atoms. The number of nitrogens with one attached hydrogen (secondary N) is 2. The van der Waals surface area contributed by atoms with Gasteiger partial charge in [0.05, 0.1) is 24.0 Å². The summed E-state index contributed by atoms with van der Waals surface area (Å²) >= 11 is 0. The molecule has 35 heavy (non-hydrogen) atoms. The molecule has 0 radical (unpaired) electrons. The number of fused-ring (bicyclic) bond motifs is 2. The second-order valence-electron chi connectivity index (χ2n) is 9.48. The zero-order chi connectivity index (χ0) is 24.3. The molecule has 1 aliphatic heterocycles. The number of hydrogen-bond donors (Lipinski definition) is 2. The van der Waals surface area contributed by atoms with Crippen molar-refractivity contribution in [3.63, 3.8) is 0 Å². The van der Waals surface area contributed by atoms with Crippen molar-refractivity contribution in [1.82, 2.24) is 14.9 Å². The molecule has 8 nitrogen and oxygen atoms in total. The summed E-state index contributed by atoms with van der Waals surface area (Å²) in [6, 6.07) is 12.8. The Morgan fingerprint density at radius 1 is 1.11 bits per heavy atom. The molecule has 0 unspecified atom stereocenters. The smallest absolute Gasteiger partial charge is 0.258 e. The van der Waals surface area contributed by atoms with Crippen molar-refractivity contribution in [3.05, 3.63) is 58.6 Å². The first-order valence-electron chi connectivity index (χ1n) is 12.6. The summed E-state index contributed by atoms with van der Waals surface area (Å²) < 4.78 is 12.3. The first kappa shape index (κ1) is 23.4. The lowest BCUT2D eigenvalue weighted by molar-refractivity contribution is -0.117. The molecule has 3 aromatic rings. The van der Waals surface area contributed by atoms with Crippen molar-refractivity contribution in [3.8, 4) is 11.5 Å². The number of ether oxygens (including phenoxy) is 2. The lowest BCUT2D eigenvalue weighted by Gasteiger charge is -2.31. The number of amides is 1. The normalized spacial score (nSPS) is 16.2. The monoisotopic (exact) mass is 476 g/mol. The molecule has 0 atom stereocenters. The quantitative estimate of drug-likeness (QED) is 0.493. The number of rotatable bonds is 8. The second kappa shape index (κ2) is 10.1. The van der Waals surface area contributed by atoms with Crippen molar-refractivity contribution >= 4 is 22.5 Å². The molecule has 2 aromatic carbocycles. The van der Waals surface area contributed by atoms with Crippen LogP contribution < -0.4 is 20.3 Å². The van der Waals surface area contributed by atoms with Gasteiger partial charge in [0.25, 0.3) is 11.3 Å². The van der Waals surface area contributed by atoms with E-state index >= 15 is 0 Å². The molecular weight excluding hydrogens is 444 g/mol. The Morgan fingerprint density at radius 2 is 1.91 bits per heavy atom. The fourth-order valence-electron chi connectivity index (χ4n) is 4.89. The molecule has 1 saturated carbocycles. The van der Waals surface area contributed by atoms with Crippen molar-refractivity contribution in [1.29, 1.82) is 0 Å². The van der Waals surface area contributed by atoms with Crippen LogP contribution in [0, 0.1) is 0 Å². The molecule has 2 heterocycles. The van der Waals surface area contributed by atoms with Crippen LogP contribution in [0.5, 0.6) is 11.5 Å². The summed E-state index contributed by atoms with van der Waals surface area (Å²) in [5.41, 5.74) is 1.17.